The number of carbonyl (C=O) groups is 1. The predicted octanol–water partition coefficient (Wildman–Crippen LogP) is 2.15. The Bertz CT molecular complexity index is 523. The highest BCUT2D eigenvalue weighted by molar-refractivity contribution is 5.89. The second kappa shape index (κ2) is 6.03. The fourth-order valence-electron chi connectivity index (χ4n) is 2.37. The molecule has 0 aromatic heterocycles. The summed E-state index contributed by atoms with van der Waals surface area (Å²) < 4.78 is 38.8. The van der Waals surface area contributed by atoms with Crippen molar-refractivity contribution < 1.29 is 23.1 Å². The van der Waals surface area contributed by atoms with Gasteiger partial charge in [-0.2, -0.15) is 13.2 Å². The summed E-state index contributed by atoms with van der Waals surface area (Å²) in [5.41, 5.74) is -1.30. The van der Waals surface area contributed by atoms with Crippen LogP contribution in [-0.4, -0.2) is 54.1 Å². The molecule has 116 valence electrons. The van der Waals surface area contributed by atoms with Crippen LogP contribution in [0, 0.1) is 0 Å². The molecule has 0 saturated carbocycles. The first-order valence-electron chi connectivity index (χ1n) is 6.61. The number of halogens is 3. The first-order valence-corrected chi connectivity index (χ1v) is 6.61. The van der Waals surface area contributed by atoms with Gasteiger partial charge in [-0.3, -0.25) is 4.90 Å². The normalized spacial score (nSPS) is 17.9. The zero-order valence-electron chi connectivity index (χ0n) is 11.7. The summed E-state index contributed by atoms with van der Waals surface area (Å²) in [5, 5.41) is 8.85. The summed E-state index contributed by atoms with van der Waals surface area (Å²) in [4.78, 5) is 15.1. The van der Waals surface area contributed by atoms with Gasteiger partial charge in [0.1, 0.15) is 0 Å². The van der Waals surface area contributed by atoms with Crippen molar-refractivity contribution in [1.82, 2.24) is 9.80 Å². The van der Waals surface area contributed by atoms with Gasteiger partial charge in [0.15, 0.2) is 0 Å². The van der Waals surface area contributed by atoms with Gasteiger partial charge in [0.2, 0.25) is 0 Å². The number of likely N-dealkylation sites (N-methyl/N-ethyl adjacent to an activating group) is 1. The molecular weight excluding hydrogens is 285 g/mol. The topological polar surface area (TPSA) is 43.8 Å². The van der Waals surface area contributed by atoms with Gasteiger partial charge in [-0.1, -0.05) is 6.07 Å². The minimum atomic E-state index is -4.66. The predicted molar refractivity (Wildman–Crippen MR) is 71.2 cm³/mol. The van der Waals surface area contributed by atoms with Crippen molar-refractivity contribution in [2.75, 3.05) is 33.2 Å². The molecule has 1 saturated heterocycles. The summed E-state index contributed by atoms with van der Waals surface area (Å²) in [5.74, 6) is -1.56. The van der Waals surface area contributed by atoms with Crippen LogP contribution in [0.1, 0.15) is 21.5 Å². The van der Waals surface area contributed by atoms with Crippen molar-refractivity contribution >= 4 is 5.97 Å². The second-order valence-corrected chi connectivity index (χ2v) is 5.26. The Labute approximate surface area is 120 Å². The highest BCUT2D eigenvalue weighted by atomic mass is 19.4. The van der Waals surface area contributed by atoms with Crippen LogP contribution in [0.2, 0.25) is 0 Å². The maximum absolute atomic E-state index is 12.9. The molecule has 0 radical (unpaired) electrons. The van der Waals surface area contributed by atoms with E-state index in [0.717, 1.165) is 38.3 Å². The van der Waals surface area contributed by atoms with Crippen molar-refractivity contribution in [1.29, 1.82) is 0 Å². The third kappa shape index (κ3) is 3.95. The number of hydrogen-bond acceptors (Lipinski definition) is 3. The summed E-state index contributed by atoms with van der Waals surface area (Å²) in [6.07, 6.45) is -4.66. The summed E-state index contributed by atoms with van der Waals surface area (Å²) >= 11 is 0. The van der Waals surface area contributed by atoms with E-state index in [1.807, 2.05) is 7.05 Å². The van der Waals surface area contributed by atoms with E-state index in [0.29, 0.717) is 12.1 Å². The number of benzene rings is 1. The number of hydrogen-bond donors (Lipinski definition) is 1. The number of alkyl halides is 3. The molecule has 0 unspecified atom stereocenters. The fraction of sp³-hybridized carbons (Fsp3) is 0.500. The molecule has 7 heteroatoms. The maximum Gasteiger partial charge on any atom is 0.417 e. The van der Waals surface area contributed by atoms with Crippen molar-refractivity contribution in [3.63, 3.8) is 0 Å². The van der Waals surface area contributed by atoms with Crippen LogP contribution in [-0.2, 0) is 12.7 Å². The molecule has 0 spiro atoms. The van der Waals surface area contributed by atoms with Crippen LogP contribution < -0.4 is 0 Å². The molecule has 0 amide bonds. The van der Waals surface area contributed by atoms with Crippen molar-refractivity contribution in [2.45, 2.75) is 12.7 Å². The largest absolute Gasteiger partial charge is 0.478 e. The lowest BCUT2D eigenvalue weighted by atomic mass is 10.0. The molecule has 21 heavy (non-hydrogen) atoms. The first kappa shape index (κ1) is 15.8. The van der Waals surface area contributed by atoms with Crippen molar-refractivity contribution in [2.24, 2.45) is 0 Å². The summed E-state index contributed by atoms with van der Waals surface area (Å²) in [6, 6.07) is 3.44. The van der Waals surface area contributed by atoms with Gasteiger partial charge in [-0.15, -0.1) is 0 Å². The molecule has 1 N–H and O–H groups in total. The van der Waals surface area contributed by atoms with Crippen LogP contribution in [0.5, 0.6) is 0 Å². The Morgan fingerprint density at radius 2 is 1.86 bits per heavy atom. The van der Waals surface area contributed by atoms with Gasteiger partial charge in [0, 0.05) is 32.7 Å². The van der Waals surface area contributed by atoms with Gasteiger partial charge in [0.05, 0.1) is 11.1 Å². The van der Waals surface area contributed by atoms with E-state index in [9.17, 15) is 18.0 Å². The number of carboxylic acids is 1. The number of carboxylic acid groups (broad SMARTS) is 1. The Balaban J connectivity index is 2.20. The molecule has 4 nitrogen and oxygen atoms in total. The molecule has 1 aliphatic rings. The van der Waals surface area contributed by atoms with Crippen LogP contribution in [0.15, 0.2) is 18.2 Å². The van der Waals surface area contributed by atoms with Crippen LogP contribution in [0.4, 0.5) is 13.2 Å². The minimum Gasteiger partial charge on any atom is -0.478 e. The zero-order chi connectivity index (χ0) is 15.6. The lowest BCUT2D eigenvalue weighted by Crippen LogP contribution is -2.43. The number of nitrogens with zero attached hydrogens (tertiary/aromatic N) is 2. The van der Waals surface area contributed by atoms with E-state index in [2.05, 4.69) is 9.80 Å². The van der Waals surface area contributed by atoms with E-state index in [4.69, 9.17) is 5.11 Å². The highest BCUT2D eigenvalue weighted by Crippen LogP contribution is 2.33. The molecule has 0 bridgehead atoms. The maximum atomic E-state index is 12.9. The zero-order valence-corrected chi connectivity index (χ0v) is 11.7. The Hall–Kier alpha value is -1.60. The smallest absolute Gasteiger partial charge is 0.417 e. The summed E-state index contributed by atoms with van der Waals surface area (Å²) in [6.45, 7) is 3.73. The van der Waals surface area contributed by atoms with Gasteiger partial charge in [-0.25, -0.2) is 4.79 Å². The molecule has 1 aromatic rings. The van der Waals surface area contributed by atoms with Gasteiger partial charge < -0.3 is 10.0 Å². The number of piperazine rings is 1. The SMILES string of the molecule is CN1CCN(Cc2ccc(C(=O)O)c(C(F)(F)F)c2)CC1. The molecule has 1 fully saturated rings. The van der Waals surface area contributed by atoms with Crippen LogP contribution in [0.25, 0.3) is 0 Å². The van der Waals surface area contributed by atoms with E-state index in [1.54, 1.807) is 0 Å². The fourth-order valence-corrected chi connectivity index (χ4v) is 2.37. The Kier molecular flexibility index (Phi) is 4.53. The third-order valence-electron chi connectivity index (χ3n) is 3.62. The molecule has 0 atom stereocenters. The molecular formula is C14H17F3N2O2. The van der Waals surface area contributed by atoms with Crippen LogP contribution >= 0.6 is 0 Å². The first-order chi connectivity index (χ1) is 9.77. The third-order valence-corrected chi connectivity index (χ3v) is 3.62. The molecule has 0 aliphatic carbocycles. The van der Waals surface area contributed by atoms with Crippen molar-refractivity contribution in [3.05, 3.63) is 34.9 Å². The Morgan fingerprint density at radius 1 is 1.24 bits per heavy atom. The summed E-state index contributed by atoms with van der Waals surface area (Å²) in [7, 11) is 2.00. The lowest BCUT2D eigenvalue weighted by Gasteiger charge is -2.32. The van der Waals surface area contributed by atoms with Gasteiger partial charge in [0.25, 0.3) is 0 Å². The standard InChI is InChI=1S/C14H17F3N2O2/c1-18-4-6-19(7-5-18)9-10-2-3-11(13(20)21)12(8-10)14(15,16)17/h2-3,8H,4-7,9H2,1H3,(H,20,21). The van der Waals surface area contributed by atoms with E-state index in [-0.39, 0.29) is 0 Å². The molecule has 1 aromatic carbocycles. The molecule has 1 heterocycles. The van der Waals surface area contributed by atoms with Gasteiger partial charge in [-0.05, 0) is 24.7 Å². The lowest BCUT2D eigenvalue weighted by molar-refractivity contribution is -0.138. The average Bonchev–Trinajstić information content (AvgIpc) is 2.40. The van der Waals surface area contributed by atoms with Crippen LogP contribution in [0.3, 0.4) is 0 Å². The highest BCUT2D eigenvalue weighted by Gasteiger charge is 2.35. The van der Waals surface area contributed by atoms with Gasteiger partial charge >= 0.3 is 12.1 Å². The monoisotopic (exact) mass is 302 g/mol. The van der Waals surface area contributed by atoms with E-state index in [1.165, 1.54) is 6.07 Å². The minimum absolute atomic E-state index is 0.400. The van der Waals surface area contributed by atoms with E-state index >= 15 is 0 Å². The molecule has 1 aliphatic heterocycles. The number of rotatable bonds is 3. The average molecular weight is 302 g/mol. The quantitative estimate of drug-likeness (QED) is 0.929. The second-order valence-electron chi connectivity index (χ2n) is 5.26. The van der Waals surface area contributed by atoms with Crippen molar-refractivity contribution in [3.8, 4) is 0 Å². The number of aromatic carboxylic acids is 1. The molecule has 2 rings (SSSR count). The Morgan fingerprint density at radius 3 is 2.38 bits per heavy atom. The van der Waals surface area contributed by atoms with E-state index < -0.39 is 23.3 Å².